The highest BCUT2D eigenvalue weighted by Gasteiger charge is 2.17. The molecule has 1 fully saturated rings. The third-order valence-electron chi connectivity index (χ3n) is 2.51. The third kappa shape index (κ3) is 4.16. The van der Waals surface area contributed by atoms with E-state index in [4.69, 9.17) is 4.74 Å². The summed E-state index contributed by atoms with van der Waals surface area (Å²) in [6.07, 6.45) is 3.47. The first-order valence-corrected chi connectivity index (χ1v) is 5.57. The molecule has 0 bridgehead atoms. The van der Waals surface area contributed by atoms with E-state index < -0.39 is 0 Å². The van der Waals surface area contributed by atoms with Crippen LogP contribution >= 0.6 is 0 Å². The topological polar surface area (TPSA) is 32.8 Å². The molecule has 1 aliphatic heterocycles. The fourth-order valence-corrected chi connectivity index (χ4v) is 1.64. The van der Waals surface area contributed by atoms with Gasteiger partial charge in [0.2, 0.25) is 5.91 Å². The monoisotopic (exact) mass is 224 g/mol. The van der Waals surface area contributed by atoms with Crippen molar-refractivity contribution in [2.24, 2.45) is 0 Å². The molecule has 0 N–H and O–H groups in total. The van der Waals surface area contributed by atoms with Gasteiger partial charge >= 0.3 is 0 Å². The summed E-state index contributed by atoms with van der Waals surface area (Å²) in [5, 5.41) is 0. The molecule has 0 aromatic rings. The predicted molar refractivity (Wildman–Crippen MR) is 64.2 cm³/mol. The van der Waals surface area contributed by atoms with Crippen LogP contribution in [-0.2, 0) is 9.53 Å². The van der Waals surface area contributed by atoms with Crippen molar-refractivity contribution in [3.8, 4) is 0 Å². The Labute approximate surface area is 97.2 Å². The second kappa shape index (κ2) is 7.19. The van der Waals surface area contributed by atoms with Gasteiger partial charge in [0.15, 0.2) is 0 Å². The smallest absolute Gasteiger partial charge is 0.237 e. The molecule has 1 aliphatic rings. The van der Waals surface area contributed by atoms with Gasteiger partial charge in [-0.25, -0.2) is 0 Å². The third-order valence-corrected chi connectivity index (χ3v) is 2.51. The first-order valence-electron chi connectivity index (χ1n) is 5.57. The van der Waals surface area contributed by atoms with E-state index in [1.54, 1.807) is 17.1 Å². The van der Waals surface area contributed by atoms with Gasteiger partial charge in [0.1, 0.15) is 0 Å². The predicted octanol–water partition coefficient (Wildman–Crippen LogP) is 0.519. The van der Waals surface area contributed by atoms with Crippen LogP contribution in [0.2, 0.25) is 0 Å². The number of nitrogens with zero attached hydrogens (tertiary/aromatic N) is 2. The minimum Gasteiger partial charge on any atom is -0.379 e. The average molecular weight is 224 g/mol. The van der Waals surface area contributed by atoms with E-state index in [-0.39, 0.29) is 5.91 Å². The van der Waals surface area contributed by atoms with Gasteiger partial charge in [0, 0.05) is 26.2 Å². The van der Waals surface area contributed by atoms with Crippen LogP contribution in [0.3, 0.4) is 0 Å². The lowest BCUT2D eigenvalue weighted by molar-refractivity contribution is -0.132. The van der Waals surface area contributed by atoms with E-state index in [0.29, 0.717) is 19.6 Å². The van der Waals surface area contributed by atoms with Gasteiger partial charge in [0.05, 0.1) is 19.8 Å². The number of morpholine rings is 1. The first-order chi connectivity index (χ1) is 7.77. The largest absolute Gasteiger partial charge is 0.379 e. The average Bonchev–Trinajstić information content (AvgIpc) is 2.30. The second-order valence-electron chi connectivity index (χ2n) is 3.76. The molecule has 1 amide bonds. The number of ether oxygens (including phenoxy) is 1. The number of rotatable bonds is 6. The maximum atomic E-state index is 11.9. The normalized spacial score (nSPS) is 16.8. The molecular formula is C12H20N2O2. The van der Waals surface area contributed by atoms with Crippen molar-refractivity contribution in [3.63, 3.8) is 0 Å². The Morgan fingerprint density at radius 1 is 1.25 bits per heavy atom. The summed E-state index contributed by atoms with van der Waals surface area (Å²) in [6.45, 7) is 12.0. The summed E-state index contributed by atoms with van der Waals surface area (Å²) in [7, 11) is 0. The van der Waals surface area contributed by atoms with Crippen molar-refractivity contribution in [1.29, 1.82) is 0 Å². The van der Waals surface area contributed by atoms with Crippen molar-refractivity contribution in [1.82, 2.24) is 9.80 Å². The van der Waals surface area contributed by atoms with E-state index in [1.165, 1.54) is 0 Å². The minimum atomic E-state index is 0.127. The van der Waals surface area contributed by atoms with Crippen LogP contribution in [-0.4, -0.2) is 61.6 Å². The molecule has 4 nitrogen and oxygen atoms in total. The molecule has 16 heavy (non-hydrogen) atoms. The number of amides is 1. The van der Waals surface area contributed by atoms with Crippen molar-refractivity contribution < 1.29 is 9.53 Å². The first kappa shape index (κ1) is 12.9. The molecule has 0 aliphatic carbocycles. The zero-order valence-electron chi connectivity index (χ0n) is 9.73. The summed E-state index contributed by atoms with van der Waals surface area (Å²) in [4.78, 5) is 15.8. The highest BCUT2D eigenvalue weighted by Crippen LogP contribution is 1.99. The van der Waals surface area contributed by atoms with Crippen LogP contribution in [0.1, 0.15) is 0 Å². The van der Waals surface area contributed by atoms with E-state index in [2.05, 4.69) is 18.1 Å². The molecule has 90 valence electrons. The standard InChI is InChI=1S/C12H20N2O2/c1-3-5-14(6-4-2)12(15)11-13-7-9-16-10-8-13/h3-4H,1-2,5-11H2. The summed E-state index contributed by atoms with van der Waals surface area (Å²) in [5.41, 5.74) is 0. The fourth-order valence-electron chi connectivity index (χ4n) is 1.64. The molecule has 1 saturated heterocycles. The molecule has 0 aromatic carbocycles. The van der Waals surface area contributed by atoms with E-state index in [0.717, 1.165) is 26.3 Å². The molecule has 0 unspecified atom stereocenters. The molecule has 0 radical (unpaired) electrons. The zero-order chi connectivity index (χ0) is 11.8. The van der Waals surface area contributed by atoms with Crippen LogP contribution in [0.15, 0.2) is 25.3 Å². The van der Waals surface area contributed by atoms with Crippen molar-refractivity contribution in [3.05, 3.63) is 25.3 Å². The maximum absolute atomic E-state index is 11.9. The number of hydrogen-bond acceptors (Lipinski definition) is 3. The second-order valence-corrected chi connectivity index (χ2v) is 3.76. The SMILES string of the molecule is C=CCN(CC=C)C(=O)CN1CCOCC1. The summed E-state index contributed by atoms with van der Waals surface area (Å²) >= 11 is 0. The number of hydrogen-bond donors (Lipinski definition) is 0. The molecule has 4 heteroatoms. The van der Waals surface area contributed by atoms with Gasteiger partial charge in [-0.2, -0.15) is 0 Å². The lowest BCUT2D eigenvalue weighted by atomic mass is 10.3. The van der Waals surface area contributed by atoms with E-state index in [9.17, 15) is 4.79 Å². The van der Waals surface area contributed by atoms with E-state index in [1.807, 2.05) is 0 Å². The Hall–Kier alpha value is -1.13. The minimum absolute atomic E-state index is 0.127. The molecule has 0 aromatic heterocycles. The van der Waals surface area contributed by atoms with Crippen molar-refractivity contribution in [2.75, 3.05) is 45.9 Å². The van der Waals surface area contributed by atoms with Gasteiger partial charge in [-0.3, -0.25) is 9.69 Å². The van der Waals surface area contributed by atoms with Gasteiger partial charge in [-0.1, -0.05) is 12.2 Å². The van der Waals surface area contributed by atoms with Crippen molar-refractivity contribution >= 4 is 5.91 Å². The van der Waals surface area contributed by atoms with Crippen LogP contribution < -0.4 is 0 Å². The zero-order valence-corrected chi connectivity index (χ0v) is 9.73. The van der Waals surface area contributed by atoms with Crippen molar-refractivity contribution in [2.45, 2.75) is 0 Å². The van der Waals surface area contributed by atoms with Crippen LogP contribution in [0, 0.1) is 0 Å². The van der Waals surface area contributed by atoms with E-state index >= 15 is 0 Å². The van der Waals surface area contributed by atoms with Crippen LogP contribution in [0.5, 0.6) is 0 Å². The highest BCUT2D eigenvalue weighted by atomic mass is 16.5. The van der Waals surface area contributed by atoms with Gasteiger partial charge in [-0.05, 0) is 0 Å². The summed E-state index contributed by atoms with van der Waals surface area (Å²) < 4.78 is 5.24. The highest BCUT2D eigenvalue weighted by molar-refractivity contribution is 5.78. The Balaban J connectivity index is 2.39. The lowest BCUT2D eigenvalue weighted by Crippen LogP contribution is -2.44. The number of carbonyl (C=O) groups excluding carboxylic acids is 1. The van der Waals surface area contributed by atoms with Crippen LogP contribution in [0.4, 0.5) is 0 Å². The Morgan fingerprint density at radius 2 is 1.81 bits per heavy atom. The maximum Gasteiger partial charge on any atom is 0.237 e. The molecule has 0 saturated carbocycles. The van der Waals surface area contributed by atoms with Crippen LogP contribution in [0.25, 0.3) is 0 Å². The Bertz CT molecular complexity index is 237. The molecule has 1 rings (SSSR count). The van der Waals surface area contributed by atoms with Gasteiger partial charge < -0.3 is 9.64 Å². The Morgan fingerprint density at radius 3 is 2.31 bits per heavy atom. The summed E-state index contributed by atoms with van der Waals surface area (Å²) in [5.74, 6) is 0.127. The molecule has 0 spiro atoms. The molecule has 1 heterocycles. The Kier molecular flexibility index (Phi) is 5.82. The quantitative estimate of drug-likeness (QED) is 0.617. The number of carbonyl (C=O) groups is 1. The fraction of sp³-hybridized carbons (Fsp3) is 0.583. The lowest BCUT2D eigenvalue weighted by Gasteiger charge is -2.28. The summed E-state index contributed by atoms with van der Waals surface area (Å²) in [6, 6.07) is 0. The molecular weight excluding hydrogens is 204 g/mol. The molecule has 0 atom stereocenters. The van der Waals surface area contributed by atoms with Gasteiger partial charge in [0.25, 0.3) is 0 Å². The van der Waals surface area contributed by atoms with Gasteiger partial charge in [-0.15, -0.1) is 13.2 Å².